The predicted octanol–water partition coefficient (Wildman–Crippen LogP) is 1.09. The van der Waals surface area contributed by atoms with E-state index in [1.807, 2.05) is 33.7 Å². The molecular formula is C18H28N4O2. The second-order valence-corrected chi connectivity index (χ2v) is 6.62. The Morgan fingerprint density at radius 1 is 1.00 bits per heavy atom. The Bertz CT molecular complexity index is 713. The van der Waals surface area contributed by atoms with Gasteiger partial charge < -0.3 is 23.7 Å². The van der Waals surface area contributed by atoms with Gasteiger partial charge in [-0.25, -0.2) is 0 Å². The van der Waals surface area contributed by atoms with Crippen LogP contribution < -0.4 is 5.56 Å². The quantitative estimate of drug-likeness (QED) is 0.761. The second kappa shape index (κ2) is 7.96. The average Bonchev–Trinajstić information content (AvgIpc) is 3.00. The van der Waals surface area contributed by atoms with E-state index in [2.05, 4.69) is 16.8 Å². The monoisotopic (exact) mass is 332 g/mol. The van der Waals surface area contributed by atoms with Crippen molar-refractivity contribution in [2.45, 2.75) is 19.5 Å². The summed E-state index contributed by atoms with van der Waals surface area (Å²) < 4.78 is 8.98. The van der Waals surface area contributed by atoms with Crippen LogP contribution in [-0.4, -0.2) is 72.4 Å². The number of aryl methyl sites for hydroxylation is 1. The molecule has 3 heterocycles. The van der Waals surface area contributed by atoms with Crippen molar-refractivity contribution in [3.63, 3.8) is 0 Å². The number of hydrogen-bond acceptors (Lipinski definition) is 4. The Kier molecular flexibility index (Phi) is 5.71. The lowest BCUT2D eigenvalue weighted by Crippen LogP contribution is -2.44. The number of methoxy groups -OCH3 is 1. The molecule has 0 aliphatic carbocycles. The van der Waals surface area contributed by atoms with Gasteiger partial charge in [-0.2, -0.15) is 0 Å². The van der Waals surface area contributed by atoms with Gasteiger partial charge in [0.1, 0.15) is 5.52 Å². The molecule has 0 bridgehead atoms. The van der Waals surface area contributed by atoms with Crippen molar-refractivity contribution in [3.05, 3.63) is 34.9 Å². The number of pyridine rings is 1. The molecule has 132 valence electrons. The van der Waals surface area contributed by atoms with E-state index in [1.165, 1.54) is 0 Å². The Balaban J connectivity index is 1.64. The van der Waals surface area contributed by atoms with Crippen LogP contribution in [0.25, 0.3) is 10.9 Å². The molecule has 2 aromatic rings. The van der Waals surface area contributed by atoms with Gasteiger partial charge in [-0.05, 0) is 32.1 Å². The predicted molar refractivity (Wildman–Crippen MR) is 96.6 cm³/mol. The standard InChI is InChI=1S/C18H28N4O2/c1-19-10-12-20(13-11-19)6-3-7-22-9-5-16-4-8-21(14-15-24-2)17(16)18(22)23/h4-5,8-9H,3,6-7,10-15H2,1-2H3. The lowest BCUT2D eigenvalue weighted by Gasteiger charge is -2.32. The fraction of sp³-hybridized carbons (Fsp3) is 0.611. The average molecular weight is 332 g/mol. The van der Waals surface area contributed by atoms with Crippen LogP contribution in [0.15, 0.2) is 29.3 Å². The Hall–Kier alpha value is -1.63. The molecule has 0 N–H and O–H groups in total. The summed E-state index contributed by atoms with van der Waals surface area (Å²) in [7, 11) is 3.85. The van der Waals surface area contributed by atoms with Gasteiger partial charge in [-0.15, -0.1) is 0 Å². The maximum atomic E-state index is 12.8. The highest BCUT2D eigenvalue weighted by Gasteiger charge is 2.13. The highest BCUT2D eigenvalue weighted by atomic mass is 16.5. The van der Waals surface area contributed by atoms with E-state index in [1.54, 1.807) is 7.11 Å². The van der Waals surface area contributed by atoms with Crippen LogP contribution in [0.3, 0.4) is 0 Å². The van der Waals surface area contributed by atoms with E-state index in [-0.39, 0.29) is 5.56 Å². The lowest BCUT2D eigenvalue weighted by molar-refractivity contribution is 0.151. The van der Waals surface area contributed by atoms with Crippen LogP contribution in [0, 0.1) is 0 Å². The van der Waals surface area contributed by atoms with Crippen molar-refractivity contribution in [2.75, 3.05) is 53.5 Å². The molecule has 2 aromatic heterocycles. The van der Waals surface area contributed by atoms with Crippen LogP contribution in [0.1, 0.15) is 6.42 Å². The lowest BCUT2D eigenvalue weighted by atomic mass is 10.3. The summed E-state index contributed by atoms with van der Waals surface area (Å²) in [6.07, 6.45) is 4.91. The molecule has 0 spiro atoms. The van der Waals surface area contributed by atoms with Crippen molar-refractivity contribution in [1.82, 2.24) is 18.9 Å². The Morgan fingerprint density at radius 2 is 1.71 bits per heavy atom. The van der Waals surface area contributed by atoms with Crippen LogP contribution in [-0.2, 0) is 17.8 Å². The molecule has 0 atom stereocenters. The van der Waals surface area contributed by atoms with E-state index in [4.69, 9.17) is 4.74 Å². The fourth-order valence-electron chi connectivity index (χ4n) is 3.33. The number of fused-ring (bicyclic) bond motifs is 1. The smallest absolute Gasteiger partial charge is 0.275 e. The van der Waals surface area contributed by atoms with Gasteiger partial charge in [0.15, 0.2) is 0 Å². The van der Waals surface area contributed by atoms with Crippen molar-refractivity contribution < 1.29 is 4.74 Å². The van der Waals surface area contributed by atoms with Crippen molar-refractivity contribution in [1.29, 1.82) is 0 Å². The molecule has 1 aliphatic rings. The first-order valence-corrected chi connectivity index (χ1v) is 8.77. The molecule has 1 fully saturated rings. The second-order valence-electron chi connectivity index (χ2n) is 6.62. The van der Waals surface area contributed by atoms with E-state index < -0.39 is 0 Å². The number of rotatable bonds is 7. The fourth-order valence-corrected chi connectivity index (χ4v) is 3.33. The summed E-state index contributed by atoms with van der Waals surface area (Å²) in [4.78, 5) is 17.6. The van der Waals surface area contributed by atoms with Crippen molar-refractivity contribution in [3.8, 4) is 0 Å². The summed E-state index contributed by atoms with van der Waals surface area (Å²) in [5.74, 6) is 0. The number of aromatic nitrogens is 2. The van der Waals surface area contributed by atoms with Gasteiger partial charge in [0.2, 0.25) is 0 Å². The van der Waals surface area contributed by atoms with Gasteiger partial charge >= 0.3 is 0 Å². The van der Waals surface area contributed by atoms with E-state index >= 15 is 0 Å². The highest BCUT2D eigenvalue weighted by molar-refractivity contribution is 5.78. The summed E-state index contributed by atoms with van der Waals surface area (Å²) in [6, 6.07) is 4.04. The van der Waals surface area contributed by atoms with Gasteiger partial charge in [-0.1, -0.05) is 0 Å². The molecule has 0 saturated carbocycles. The Morgan fingerprint density at radius 3 is 2.42 bits per heavy atom. The first-order valence-electron chi connectivity index (χ1n) is 8.77. The topological polar surface area (TPSA) is 42.6 Å². The molecule has 6 heteroatoms. The van der Waals surface area contributed by atoms with E-state index in [0.29, 0.717) is 13.2 Å². The number of likely N-dealkylation sites (N-methyl/N-ethyl adjacent to an activating group) is 1. The summed E-state index contributed by atoms with van der Waals surface area (Å²) in [6.45, 7) is 7.69. The Labute approximate surface area is 143 Å². The van der Waals surface area contributed by atoms with Crippen molar-refractivity contribution in [2.24, 2.45) is 0 Å². The number of ether oxygens (including phenoxy) is 1. The molecule has 0 aromatic carbocycles. The minimum atomic E-state index is 0.104. The van der Waals surface area contributed by atoms with Gasteiger partial charge in [0.25, 0.3) is 5.56 Å². The summed E-state index contributed by atoms with van der Waals surface area (Å²) >= 11 is 0. The molecule has 1 aliphatic heterocycles. The third-order valence-electron chi connectivity index (χ3n) is 4.90. The third kappa shape index (κ3) is 3.88. The number of hydrogen-bond donors (Lipinski definition) is 0. The van der Waals surface area contributed by atoms with Crippen LogP contribution in [0.2, 0.25) is 0 Å². The van der Waals surface area contributed by atoms with Gasteiger partial charge in [0, 0.05) is 64.2 Å². The largest absolute Gasteiger partial charge is 0.383 e. The third-order valence-corrected chi connectivity index (χ3v) is 4.90. The normalized spacial score (nSPS) is 16.9. The van der Waals surface area contributed by atoms with Gasteiger partial charge in [0.05, 0.1) is 6.61 Å². The zero-order valence-corrected chi connectivity index (χ0v) is 14.8. The van der Waals surface area contributed by atoms with Crippen molar-refractivity contribution >= 4 is 10.9 Å². The molecule has 0 unspecified atom stereocenters. The molecule has 0 amide bonds. The molecule has 0 radical (unpaired) electrons. The minimum absolute atomic E-state index is 0.104. The molecule has 24 heavy (non-hydrogen) atoms. The van der Waals surface area contributed by atoms with Crippen LogP contribution >= 0.6 is 0 Å². The SMILES string of the molecule is COCCn1ccc2ccn(CCCN3CCN(C)CC3)c(=O)c21. The van der Waals surface area contributed by atoms with Crippen LogP contribution in [0.5, 0.6) is 0 Å². The molecule has 6 nitrogen and oxygen atoms in total. The zero-order valence-electron chi connectivity index (χ0n) is 14.8. The zero-order chi connectivity index (χ0) is 16.9. The number of nitrogens with zero attached hydrogens (tertiary/aromatic N) is 4. The first-order chi connectivity index (χ1) is 11.7. The summed E-state index contributed by atoms with van der Waals surface area (Å²) in [5, 5.41) is 1.01. The molecule has 1 saturated heterocycles. The minimum Gasteiger partial charge on any atom is -0.383 e. The maximum Gasteiger partial charge on any atom is 0.275 e. The maximum absolute atomic E-state index is 12.8. The van der Waals surface area contributed by atoms with E-state index in [9.17, 15) is 4.79 Å². The molecular weight excluding hydrogens is 304 g/mol. The van der Waals surface area contributed by atoms with Gasteiger partial charge in [-0.3, -0.25) is 4.79 Å². The summed E-state index contributed by atoms with van der Waals surface area (Å²) in [5.41, 5.74) is 0.890. The highest BCUT2D eigenvalue weighted by Crippen LogP contribution is 2.11. The first kappa shape index (κ1) is 17.2. The molecule has 3 rings (SSSR count). The van der Waals surface area contributed by atoms with E-state index in [0.717, 1.165) is 56.6 Å². The number of piperazine rings is 1. The van der Waals surface area contributed by atoms with Crippen LogP contribution in [0.4, 0.5) is 0 Å².